The molecule has 0 saturated heterocycles. The Morgan fingerprint density at radius 3 is 2.44 bits per heavy atom. The van der Waals surface area contributed by atoms with Gasteiger partial charge in [-0.3, -0.25) is 0 Å². The van der Waals surface area contributed by atoms with Crippen molar-refractivity contribution in [1.29, 1.82) is 0 Å². The van der Waals surface area contributed by atoms with Gasteiger partial charge in [0, 0.05) is 15.4 Å². The maximum absolute atomic E-state index is 9.53. The van der Waals surface area contributed by atoms with Crippen molar-refractivity contribution >= 4 is 27.5 Å². The number of aliphatic hydroxyl groups is 1. The molecule has 1 N–H and O–H groups in total. The molecular formula is C15H14BrClO. The molecule has 1 unspecified atom stereocenters. The molecule has 2 aromatic rings. The fourth-order valence-electron chi connectivity index (χ4n) is 1.97. The van der Waals surface area contributed by atoms with Crippen LogP contribution in [0, 0.1) is 0 Å². The maximum Gasteiger partial charge on any atom is 0.0502 e. The van der Waals surface area contributed by atoms with Gasteiger partial charge in [-0.1, -0.05) is 63.9 Å². The molecule has 0 bridgehead atoms. The van der Waals surface area contributed by atoms with Gasteiger partial charge >= 0.3 is 0 Å². The molecule has 0 saturated carbocycles. The molecule has 18 heavy (non-hydrogen) atoms. The van der Waals surface area contributed by atoms with Crippen molar-refractivity contribution in [3.05, 3.63) is 69.2 Å². The minimum Gasteiger partial charge on any atom is -0.396 e. The Morgan fingerprint density at radius 1 is 1.11 bits per heavy atom. The first kappa shape index (κ1) is 13.6. The van der Waals surface area contributed by atoms with Gasteiger partial charge in [0.25, 0.3) is 0 Å². The summed E-state index contributed by atoms with van der Waals surface area (Å²) in [6.45, 7) is 0.121. The molecule has 0 fully saturated rings. The van der Waals surface area contributed by atoms with Crippen molar-refractivity contribution in [2.75, 3.05) is 6.61 Å². The molecule has 0 radical (unpaired) electrons. The third-order valence-electron chi connectivity index (χ3n) is 2.97. The first-order valence-electron chi connectivity index (χ1n) is 5.80. The van der Waals surface area contributed by atoms with E-state index in [0.717, 1.165) is 27.0 Å². The number of hydrogen-bond donors (Lipinski definition) is 1. The van der Waals surface area contributed by atoms with Gasteiger partial charge in [0.05, 0.1) is 6.61 Å². The van der Waals surface area contributed by atoms with Crippen molar-refractivity contribution in [3.8, 4) is 0 Å². The monoisotopic (exact) mass is 324 g/mol. The van der Waals surface area contributed by atoms with E-state index in [4.69, 9.17) is 11.6 Å². The van der Waals surface area contributed by atoms with Crippen LogP contribution in [0.5, 0.6) is 0 Å². The zero-order valence-electron chi connectivity index (χ0n) is 9.81. The molecule has 1 atom stereocenters. The van der Waals surface area contributed by atoms with E-state index in [1.807, 2.05) is 48.5 Å². The Hall–Kier alpha value is -0.830. The van der Waals surface area contributed by atoms with Gasteiger partial charge < -0.3 is 5.11 Å². The Labute approximate surface area is 121 Å². The lowest BCUT2D eigenvalue weighted by Gasteiger charge is -2.15. The van der Waals surface area contributed by atoms with Crippen LogP contribution in [0.4, 0.5) is 0 Å². The second kappa shape index (κ2) is 6.37. The van der Waals surface area contributed by atoms with Crippen LogP contribution in [0.2, 0.25) is 5.02 Å². The van der Waals surface area contributed by atoms with Crippen molar-refractivity contribution in [3.63, 3.8) is 0 Å². The number of rotatable bonds is 4. The summed E-state index contributed by atoms with van der Waals surface area (Å²) in [5.41, 5.74) is 2.20. The van der Waals surface area contributed by atoms with Crippen molar-refractivity contribution in [1.82, 2.24) is 0 Å². The summed E-state index contributed by atoms with van der Waals surface area (Å²) in [5, 5.41) is 10.3. The Balaban J connectivity index is 2.21. The van der Waals surface area contributed by atoms with E-state index < -0.39 is 0 Å². The van der Waals surface area contributed by atoms with Crippen LogP contribution in [-0.4, -0.2) is 11.7 Å². The molecule has 0 aliphatic rings. The molecule has 94 valence electrons. The summed E-state index contributed by atoms with van der Waals surface area (Å²) in [6, 6.07) is 15.9. The highest BCUT2D eigenvalue weighted by Gasteiger charge is 2.13. The summed E-state index contributed by atoms with van der Waals surface area (Å²) in [4.78, 5) is 0. The SMILES string of the molecule is OCC(Cc1ccc(Br)cc1Cl)c1ccccc1. The normalized spacial score (nSPS) is 12.4. The van der Waals surface area contributed by atoms with E-state index in [1.54, 1.807) is 0 Å². The van der Waals surface area contributed by atoms with Crippen LogP contribution in [0.1, 0.15) is 17.0 Å². The van der Waals surface area contributed by atoms with Gasteiger partial charge in [-0.15, -0.1) is 0 Å². The van der Waals surface area contributed by atoms with E-state index >= 15 is 0 Å². The van der Waals surface area contributed by atoms with Crippen molar-refractivity contribution < 1.29 is 5.11 Å². The van der Waals surface area contributed by atoms with Crippen LogP contribution in [0.15, 0.2) is 53.0 Å². The highest BCUT2D eigenvalue weighted by Crippen LogP contribution is 2.27. The highest BCUT2D eigenvalue weighted by atomic mass is 79.9. The van der Waals surface area contributed by atoms with Crippen LogP contribution in [0.25, 0.3) is 0 Å². The molecule has 0 spiro atoms. The number of hydrogen-bond acceptors (Lipinski definition) is 1. The van der Waals surface area contributed by atoms with E-state index in [-0.39, 0.29) is 12.5 Å². The quantitative estimate of drug-likeness (QED) is 0.882. The lowest BCUT2D eigenvalue weighted by Crippen LogP contribution is -2.08. The minimum absolute atomic E-state index is 0.0878. The minimum atomic E-state index is 0.0878. The second-order valence-corrected chi connectivity index (χ2v) is 5.55. The first-order valence-corrected chi connectivity index (χ1v) is 6.97. The zero-order chi connectivity index (χ0) is 13.0. The molecule has 2 aromatic carbocycles. The smallest absolute Gasteiger partial charge is 0.0502 e. The van der Waals surface area contributed by atoms with Crippen LogP contribution in [0.3, 0.4) is 0 Å². The summed E-state index contributed by atoms with van der Waals surface area (Å²) in [5.74, 6) is 0.0878. The fourth-order valence-corrected chi connectivity index (χ4v) is 2.72. The van der Waals surface area contributed by atoms with Gasteiger partial charge in [-0.05, 0) is 29.7 Å². The van der Waals surface area contributed by atoms with Gasteiger partial charge in [0.15, 0.2) is 0 Å². The Kier molecular flexibility index (Phi) is 4.81. The molecule has 0 heterocycles. The lowest BCUT2D eigenvalue weighted by atomic mass is 9.93. The zero-order valence-corrected chi connectivity index (χ0v) is 12.2. The van der Waals surface area contributed by atoms with E-state index in [0.29, 0.717) is 0 Å². The molecule has 0 aliphatic heterocycles. The van der Waals surface area contributed by atoms with Crippen molar-refractivity contribution in [2.45, 2.75) is 12.3 Å². The van der Waals surface area contributed by atoms with Crippen LogP contribution in [-0.2, 0) is 6.42 Å². The summed E-state index contributed by atoms with van der Waals surface area (Å²) >= 11 is 9.60. The lowest BCUT2D eigenvalue weighted by molar-refractivity contribution is 0.264. The topological polar surface area (TPSA) is 20.2 Å². The van der Waals surface area contributed by atoms with Gasteiger partial charge in [-0.25, -0.2) is 0 Å². The number of benzene rings is 2. The molecule has 3 heteroatoms. The average molecular weight is 326 g/mol. The summed E-state index contributed by atoms with van der Waals surface area (Å²) in [6.07, 6.45) is 0.743. The summed E-state index contributed by atoms with van der Waals surface area (Å²) in [7, 11) is 0. The number of aliphatic hydroxyl groups excluding tert-OH is 1. The third-order valence-corrected chi connectivity index (χ3v) is 3.82. The molecule has 0 amide bonds. The largest absolute Gasteiger partial charge is 0.396 e. The average Bonchev–Trinajstić information content (AvgIpc) is 2.39. The van der Waals surface area contributed by atoms with Crippen LogP contribution < -0.4 is 0 Å². The molecule has 2 rings (SSSR count). The van der Waals surface area contributed by atoms with E-state index in [2.05, 4.69) is 15.9 Å². The van der Waals surface area contributed by atoms with E-state index in [1.165, 1.54) is 0 Å². The van der Waals surface area contributed by atoms with Gasteiger partial charge in [-0.2, -0.15) is 0 Å². The summed E-state index contributed by atoms with van der Waals surface area (Å²) < 4.78 is 0.969. The molecular weight excluding hydrogens is 312 g/mol. The van der Waals surface area contributed by atoms with E-state index in [9.17, 15) is 5.11 Å². The van der Waals surface area contributed by atoms with Gasteiger partial charge in [0.2, 0.25) is 0 Å². The second-order valence-electron chi connectivity index (χ2n) is 4.23. The Bertz CT molecular complexity index is 513. The number of halogens is 2. The molecule has 0 aromatic heterocycles. The standard InChI is InChI=1S/C15H14BrClO/c16-14-7-6-12(15(17)9-14)8-13(10-18)11-4-2-1-3-5-11/h1-7,9,13,18H,8,10H2. The predicted octanol–water partition coefficient (Wildman–Crippen LogP) is 4.42. The molecule has 1 nitrogen and oxygen atoms in total. The highest BCUT2D eigenvalue weighted by molar-refractivity contribution is 9.10. The first-order chi connectivity index (χ1) is 8.70. The molecule has 0 aliphatic carbocycles. The third kappa shape index (κ3) is 3.35. The Morgan fingerprint density at radius 2 is 1.83 bits per heavy atom. The fraction of sp³-hybridized carbons (Fsp3) is 0.200. The maximum atomic E-state index is 9.53. The van der Waals surface area contributed by atoms with Crippen LogP contribution >= 0.6 is 27.5 Å². The van der Waals surface area contributed by atoms with Crippen molar-refractivity contribution in [2.24, 2.45) is 0 Å². The van der Waals surface area contributed by atoms with Gasteiger partial charge in [0.1, 0.15) is 0 Å². The predicted molar refractivity (Wildman–Crippen MR) is 79.1 cm³/mol.